The molecule has 0 aliphatic heterocycles. The fraction of sp³-hybridized carbons (Fsp3) is 0.294. The maximum absolute atomic E-state index is 12.6. The van der Waals surface area contributed by atoms with Gasteiger partial charge in [0.1, 0.15) is 5.03 Å². The van der Waals surface area contributed by atoms with Crippen LogP contribution < -0.4 is 5.32 Å². The molecule has 0 fully saturated rings. The summed E-state index contributed by atoms with van der Waals surface area (Å²) in [6.45, 7) is 0.365. The van der Waals surface area contributed by atoms with E-state index in [-0.39, 0.29) is 28.4 Å². The normalized spacial score (nSPS) is 12.4. The molecule has 1 N–H and O–H groups in total. The minimum absolute atomic E-state index is 0.0157. The summed E-state index contributed by atoms with van der Waals surface area (Å²) in [6, 6.07) is 12.8. The van der Waals surface area contributed by atoms with Gasteiger partial charge < -0.3 is 10.2 Å². The van der Waals surface area contributed by atoms with E-state index in [4.69, 9.17) is 0 Å². The summed E-state index contributed by atoms with van der Waals surface area (Å²) < 4.78 is 25.2. The van der Waals surface area contributed by atoms with Crippen LogP contribution in [0.1, 0.15) is 22.0 Å². The number of nitrogens with zero attached hydrogens (tertiary/aromatic N) is 2. The quantitative estimate of drug-likeness (QED) is 0.777. The number of carbonyl (C=O) groups is 1. The molecule has 0 bridgehead atoms. The number of thioether (sulfide) groups is 1. The fourth-order valence-electron chi connectivity index (χ4n) is 2.30. The first-order valence-corrected chi connectivity index (χ1v) is 8.26. The highest BCUT2D eigenvalue weighted by Gasteiger charge is 2.19. The molecule has 0 saturated carbocycles. The molecule has 1 aromatic heterocycles. The lowest BCUT2D eigenvalue weighted by Crippen LogP contribution is -2.34. The summed E-state index contributed by atoms with van der Waals surface area (Å²) in [4.78, 5) is 18.2. The summed E-state index contributed by atoms with van der Waals surface area (Å²) in [5.74, 6) is -3.03. The molecular formula is C17H19F2N3OS. The molecule has 1 atom stereocenters. The standard InChI is InChI=1S/C17H19F2N3OS/c1-22(2)14(12-7-4-3-5-8-12)11-21-15(23)13-9-6-10-20-16(13)24-17(18)19/h3-10,14,17H,11H2,1-2H3,(H,21,23)/t14-/m1/s1. The van der Waals surface area contributed by atoms with Crippen molar-refractivity contribution >= 4 is 17.7 Å². The van der Waals surface area contributed by atoms with Gasteiger partial charge in [-0.3, -0.25) is 4.79 Å². The van der Waals surface area contributed by atoms with Crippen molar-refractivity contribution in [3.8, 4) is 0 Å². The van der Waals surface area contributed by atoms with E-state index in [9.17, 15) is 13.6 Å². The summed E-state index contributed by atoms with van der Waals surface area (Å²) in [5, 5.41) is 2.85. The number of aromatic nitrogens is 1. The van der Waals surface area contributed by atoms with E-state index < -0.39 is 11.7 Å². The second-order valence-corrected chi connectivity index (χ2v) is 6.31. The predicted octanol–water partition coefficient (Wildman–Crippen LogP) is 3.43. The average molecular weight is 351 g/mol. The lowest BCUT2D eigenvalue weighted by molar-refractivity contribution is 0.0938. The molecule has 1 aromatic carbocycles. The molecule has 0 aliphatic carbocycles. The molecule has 0 spiro atoms. The number of amides is 1. The van der Waals surface area contributed by atoms with E-state index in [1.54, 1.807) is 6.07 Å². The Kier molecular flexibility index (Phi) is 6.69. The van der Waals surface area contributed by atoms with E-state index in [2.05, 4.69) is 10.3 Å². The minimum Gasteiger partial charge on any atom is -0.350 e. The monoisotopic (exact) mass is 351 g/mol. The van der Waals surface area contributed by atoms with Crippen LogP contribution in [0, 0.1) is 0 Å². The number of hydrogen-bond donors (Lipinski definition) is 1. The highest BCUT2D eigenvalue weighted by atomic mass is 32.2. The molecule has 1 heterocycles. The fourth-order valence-corrected chi connectivity index (χ4v) is 2.88. The van der Waals surface area contributed by atoms with Gasteiger partial charge in [0.05, 0.1) is 11.6 Å². The van der Waals surface area contributed by atoms with Gasteiger partial charge in [-0.05, 0) is 43.6 Å². The molecule has 1 amide bonds. The number of halogens is 2. The summed E-state index contributed by atoms with van der Waals surface area (Å²) in [5.41, 5.74) is 1.23. The largest absolute Gasteiger partial charge is 0.350 e. The Morgan fingerprint density at radius 3 is 2.54 bits per heavy atom. The maximum Gasteiger partial charge on any atom is 0.290 e. The molecule has 4 nitrogen and oxygen atoms in total. The van der Waals surface area contributed by atoms with Gasteiger partial charge in [-0.15, -0.1) is 0 Å². The van der Waals surface area contributed by atoms with E-state index in [0.717, 1.165) is 5.56 Å². The molecule has 7 heteroatoms. The Bertz CT molecular complexity index is 668. The Morgan fingerprint density at radius 1 is 1.21 bits per heavy atom. The van der Waals surface area contributed by atoms with Crippen LogP contribution in [0.15, 0.2) is 53.7 Å². The third-order valence-corrected chi connectivity index (χ3v) is 4.21. The van der Waals surface area contributed by atoms with Gasteiger partial charge in [-0.2, -0.15) is 8.78 Å². The van der Waals surface area contributed by atoms with Crippen LogP contribution in [0.25, 0.3) is 0 Å². The second kappa shape index (κ2) is 8.75. The highest BCUT2D eigenvalue weighted by molar-refractivity contribution is 7.99. The molecule has 0 aliphatic rings. The van der Waals surface area contributed by atoms with Crippen molar-refractivity contribution < 1.29 is 13.6 Å². The average Bonchev–Trinajstić information content (AvgIpc) is 2.55. The van der Waals surface area contributed by atoms with E-state index in [1.807, 2.05) is 49.3 Å². The molecule has 0 saturated heterocycles. The van der Waals surface area contributed by atoms with Crippen molar-refractivity contribution in [2.75, 3.05) is 20.6 Å². The first-order chi connectivity index (χ1) is 11.5. The van der Waals surface area contributed by atoms with Crippen LogP contribution >= 0.6 is 11.8 Å². The topological polar surface area (TPSA) is 45.2 Å². The van der Waals surface area contributed by atoms with Gasteiger partial charge in [0.2, 0.25) is 0 Å². The van der Waals surface area contributed by atoms with Gasteiger partial charge in [0, 0.05) is 12.7 Å². The number of nitrogens with one attached hydrogen (secondary N) is 1. The Labute approximate surface area is 144 Å². The zero-order valence-electron chi connectivity index (χ0n) is 13.4. The first kappa shape index (κ1) is 18.4. The lowest BCUT2D eigenvalue weighted by atomic mass is 10.1. The molecule has 0 radical (unpaired) electrons. The minimum atomic E-state index is -2.62. The highest BCUT2D eigenvalue weighted by Crippen LogP contribution is 2.26. The number of benzene rings is 1. The molecule has 128 valence electrons. The Hall–Kier alpha value is -1.99. The third kappa shape index (κ3) is 5.01. The number of carbonyl (C=O) groups excluding carboxylic acids is 1. The summed E-state index contributed by atoms with van der Waals surface area (Å²) >= 11 is 0.275. The van der Waals surface area contributed by atoms with E-state index in [1.165, 1.54) is 12.3 Å². The SMILES string of the molecule is CN(C)[C@H](CNC(=O)c1cccnc1SC(F)F)c1ccccc1. The van der Waals surface area contributed by atoms with E-state index >= 15 is 0 Å². The smallest absolute Gasteiger partial charge is 0.290 e. The van der Waals surface area contributed by atoms with Crippen molar-refractivity contribution in [1.29, 1.82) is 0 Å². The van der Waals surface area contributed by atoms with Crippen LogP contribution in [0.4, 0.5) is 8.78 Å². The predicted molar refractivity (Wildman–Crippen MR) is 91.3 cm³/mol. The zero-order chi connectivity index (χ0) is 17.5. The van der Waals surface area contributed by atoms with Crippen molar-refractivity contribution in [3.63, 3.8) is 0 Å². The number of alkyl halides is 2. The number of hydrogen-bond acceptors (Lipinski definition) is 4. The van der Waals surface area contributed by atoms with Crippen molar-refractivity contribution in [2.24, 2.45) is 0 Å². The molecular weight excluding hydrogens is 332 g/mol. The Balaban J connectivity index is 2.09. The van der Waals surface area contributed by atoms with Crippen LogP contribution in [-0.4, -0.2) is 42.2 Å². The van der Waals surface area contributed by atoms with Crippen molar-refractivity contribution in [1.82, 2.24) is 15.2 Å². The maximum atomic E-state index is 12.6. The van der Waals surface area contributed by atoms with Gasteiger partial charge in [0.15, 0.2) is 0 Å². The van der Waals surface area contributed by atoms with Gasteiger partial charge in [-0.25, -0.2) is 4.98 Å². The third-order valence-electron chi connectivity index (χ3n) is 3.48. The van der Waals surface area contributed by atoms with E-state index in [0.29, 0.717) is 6.54 Å². The number of likely N-dealkylation sites (N-methyl/N-ethyl adjacent to an activating group) is 1. The van der Waals surface area contributed by atoms with Crippen LogP contribution in [0.5, 0.6) is 0 Å². The molecule has 2 aromatic rings. The zero-order valence-corrected chi connectivity index (χ0v) is 14.3. The number of pyridine rings is 1. The van der Waals surface area contributed by atoms with Gasteiger partial charge in [0.25, 0.3) is 11.7 Å². The van der Waals surface area contributed by atoms with Crippen LogP contribution in [-0.2, 0) is 0 Å². The molecule has 2 rings (SSSR count). The summed E-state index contributed by atoms with van der Waals surface area (Å²) in [7, 11) is 3.85. The molecule has 0 unspecified atom stereocenters. The van der Waals surface area contributed by atoms with Crippen molar-refractivity contribution in [3.05, 3.63) is 59.8 Å². The van der Waals surface area contributed by atoms with Gasteiger partial charge in [-0.1, -0.05) is 30.3 Å². The Morgan fingerprint density at radius 2 is 1.92 bits per heavy atom. The van der Waals surface area contributed by atoms with Crippen LogP contribution in [0.2, 0.25) is 0 Å². The number of rotatable bonds is 7. The van der Waals surface area contributed by atoms with Gasteiger partial charge >= 0.3 is 0 Å². The second-order valence-electron chi connectivity index (χ2n) is 5.33. The first-order valence-electron chi connectivity index (χ1n) is 7.38. The van der Waals surface area contributed by atoms with Crippen LogP contribution in [0.3, 0.4) is 0 Å². The molecule has 24 heavy (non-hydrogen) atoms. The lowest BCUT2D eigenvalue weighted by Gasteiger charge is -2.25. The summed E-state index contributed by atoms with van der Waals surface area (Å²) in [6.07, 6.45) is 1.40. The van der Waals surface area contributed by atoms with Crippen molar-refractivity contribution in [2.45, 2.75) is 16.8 Å².